The van der Waals surface area contributed by atoms with Gasteiger partial charge in [-0.2, -0.15) is 0 Å². The van der Waals surface area contributed by atoms with Crippen LogP contribution in [0.1, 0.15) is 29.6 Å². The number of methoxy groups -OCH3 is 1. The Hall–Kier alpha value is -1.78. The van der Waals surface area contributed by atoms with Gasteiger partial charge in [-0.15, -0.1) is 0 Å². The molecule has 0 radical (unpaired) electrons. The third kappa shape index (κ3) is 2.33. The molecule has 0 saturated carbocycles. The van der Waals surface area contributed by atoms with Gasteiger partial charge in [0.25, 0.3) is 5.91 Å². The first kappa shape index (κ1) is 11.7. The van der Waals surface area contributed by atoms with Crippen LogP contribution < -0.4 is 0 Å². The largest absolute Gasteiger partial charge is 0.472 e. The van der Waals surface area contributed by atoms with Gasteiger partial charge in [-0.1, -0.05) is 0 Å². The van der Waals surface area contributed by atoms with Crippen LogP contribution in [0.15, 0.2) is 23.0 Å². The van der Waals surface area contributed by atoms with E-state index in [1.807, 2.05) is 0 Å². The molecule has 0 spiro atoms. The number of hydrogen-bond acceptors (Lipinski definition) is 4. The Kier molecular flexibility index (Phi) is 3.46. The van der Waals surface area contributed by atoms with E-state index >= 15 is 0 Å². The third-order valence-corrected chi connectivity index (χ3v) is 3.01. The van der Waals surface area contributed by atoms with E-state index < -0.39 is 6.04 Å². The Morgan fingerprint density at radius 2 is 2.29 bits per heavy atom. The molecule has 0 bridgehead atoms. The number of amides is 1. The molecule has 1 fully saturated rings. The maximum atomic E-state index is 12.1. The van der Waals surface area contributed by atoms with Gasteiger partial charge in [0.15, 0.2) is 0 Å². The molecule has 1 amide bonds. The summed E-state index contributed by atoms with van der Waals surface area (Å²) < 4.78 is 9.62. The summed E-state index contributed by atoms with van der Waals surface area (Å²) in [7, 11) is 1.34. The molecule has 0 aromatic carbocycles. The van der Waals surface area contributed by atoms with Gasteiger partial charge in [0.05, 0.1) is 18.9 Å². The number of esters is 1. The molecule has 1 unspecified atom stereocenters. The Bertz CT molecular complexity index is 399. The van der Waals surface area contributed by atoms with Gasteiger partial charge in [-0.05, 0) is 25.3 Å². The molecule has 1 atom stereocenters. The quantitative estimate of drug-likeness (QED) is 0.730. The maximum absolute atomic E-state index is 12.1. The Morgan fingerprint density at radius 3 is 2.94 bits per heavy atom. The van der Waals surface area contributed by atoms with E-state index in [1.54, 1.807) is 11.0 Å². The molecule has 1 aliphatic heterocycles. The molecule has 5 nitrogen and oxygen atoms in total. The second kappa shape index (κ2) is 5.03. The molecule has 5 heteroatoms. The second-order valence-electron chi connectivity index (χ2n) is 4.05. The zero-order valence-electron chi connectivity index (χ0n) is 9.72. The Balaban J connectivity index is 2.16. The number of nitrogens with zero attached hydrogens (tertiary/aromatic N) is 1. The van der Waals surface area contributed by atoms with Crippen molar-refractivity contribution in [1.29, 1.82) is 0 Å². The molecule has 1 aliphatic rings. The third-order valence-electron chi connectivity index (χ3n) is 3.01. The SMILES string of the molecule is COC(=O)C1CCCCN1C(=O)c1ccoc1. The number of piperidine rings is 1. The normalized spacial score (nSPS) is 20.1. The lowest BCUT2D eigenvalue weighted by Crippen LogP contribution is -2.48. The highest BCUT2D eigenvalue weighted by atomic mass is 16.5. The van der Waals surface area contributed by atoms with Gasteiger partial charge in [0.2, 0.25) is 0 Å². The van der Waals surface area contributed by atoms with E-state index in [2.05, 4.69) is 0 Å². The van der Waals surface area contributed by atoms with E-state index in [9.17, 15) is 9.59 Å². The van der Waals surface area contributed by atoms with Crippen molar-refractivity contribution in [1.82, 2.24) is 4.90 Å². The van der Waals surface area contributed by atoms with Crippen molar-refractivity contribution in [2.24, 2.45) is 0 Å². The maximum Gasteiger partial charge on any atom is 0.328 e. The lowest BCUT2D eigenvalue weighted by atomic mass is 10.0. The first-order valence-electron chi connectivity index (χ1n) is 5.65. The summed E-state index contributed by atoms with van der Waals surface area (Å²) in [6.45, 7) is 0.587. The number of likely N-dealkylation sites (tertiary alicyclic amines) is 1. The van der Waals surface area contributed by atoms with Gasteiger partial charge in [-0.3, -0.25) is 4.79 Å². The minimum absolute atomic E-state index is 0.172. The fraction of sp³-hybridized carbons (Fsp3) is 0.500. The standard InChI is InChI=1S/C12H15NO4/c1-16-12(15)10-4-2-3-6-13(10)11(14)9-5-7-17-8-9/h5,7-8,10H,2-4,6H2,1H3. The smallest absolute Gasteiger partial charge is 0.328 e. The van der Waals surface area contributed by atoms with E-state index in [0.29, 0.717) is 18.5 Å². The van der Waals surface area contributed by atoms with Crippen LogP contribution >= 0.6 is 0 Å². The van der Waals surface area contributed by atoms with E-state index in [4.69, 9.17) is 9.15 Å². The highest BCUT2D eigenvalue weighted by Gasteiger charge is 2.33. The molecule has 1 aromatic rings. The molecule has 1 aromatic heterocycles. The second-order valence-corrected chi connectivity index (χ2v) is 4.05. The molecule has 92 valence electrons. The molecule has 0 N–H and O–H groups in total. The summed E-state index contributed by atoms with van der Waals surface area (Å²) in [5.74, 6) is -0.518. The number of ether oxygens (including phenoxy) is 1. The number of rotatable bonds is 2. The number of furan rings is 1. The van der Waals surface area contributed by atoms with Crippen molar-refractivity contribution in [2.45, 2.75) is 25.3 Å². The molecule has 0 aliphatic carbocycles. The van der Waals surface area contributed by atoms with Gasteiger partial charge in [0, 0.05) is 6.54 Å². The van der Waals surface area contributed by atoms with Gasteiger partial charge in [0.1, 0.15) is 12.3 Å². The van der Waals surface area contributed by atoms with Crippen LogP contribution in [0.3, 0.4) is 0 Å². The first-order valence-corrected chi connectivity index (χ1v) is 5.65. The average molecular weight is 237 g/mol. The Labute approximate surface area is 99.3 Å². The minimum Gasteiger partial charge on any atom is -0.472 e. The van der Waals surface area contributed by atoms with Gasteiger partial charge in [-0.25, -0.2) is 4.79 Å². The number of carbonyl (C=O) groups is 2. The highest BCUT2D eigenvalue weighted by molar-refractivity contribution is 5.96. The van der Waals surface area contributed by atoms with Crippen molar-refractivity contribution >= 4 is 11.9 Å². The summed E-state index contributed by atoms with van der Waals surface area (Å²) in [4.78, 5) is 25.3. The van der Waals surface area contributed by atoms with E-state index in [1.165, 1.54) is 19.6 Å². The predicted molar refractivity (Wildman–Crippen MR) is 59.4 cm³/mol. The molecule has 1 saturated heterocycles. The molecular formula is C12H15NO4. The molecule has 2 rings (SSSR count). The summed E-state index contributed by atoms with van der Waals surface area (Å²) >= 11 is 0. The fourth-order valence-corrected chi connectivity index (χ4v) is 2.11. The minimum atomic E-state index is -0.462. The van der Waals surface area contributed by atoms with Crippen molar-refractivity contribution in [3.63, 3.8) is 0 Å². The lowest BCUT2D eigenvalue weighted by molar-refractivity contribution is -0.147. The predicted octanol–water partition coefficient (Wildman–Crippen LogP) is 1.45. The van der Waals surface area contributed by atoms with Crippen molar-refractivity contribution in [3.05, 3.63) is 24.2 Å². The lowest BCUT2D eigenvalue weighted by Gasteiger charge is -2.33. The van der Waals surface area contributed by atoms with Crippen LogP contribution in [0.2, 0.25) is 0 Å². The van der Waals surface area contributed by atoms with Crippen LogP contribution in [0.4, 0.5) is 0 Å². The Morgan fingerprint density at radius 1 is 1.47 bits per heavy atom. The fourth-order valence-electron chi connectivity index (χ4n) is 2.11. The van der Waals surface area contributed by atoms with Crippen molar-refractivity contribution in [2.75, 3.05) is 13.7 Å². The summed E-state index contributed by atoms with van der Waals surface area (Å²) in [6, 6.07) is 1.14. The van der Waals surface area contributed by atoms with Crippen molar-refractivity contribution in [3.8, 4) is 0 Å². The van der Waals surface area contributed by atoms with E-state index in [0.717, 1.165) is 12.8 Å². The van der Waals surface area contributed by atoms with Crippen LogP contribution in [0.25, 0.3) is 0 Å². The zero-order chi connectivity index (χ0) is 12.3. The van der Waals surface area contributed by atoms with Crippen molar-refractivity contribution < 1.29 is 18.7 Å². The van der Waals surface area contributed by atoms with Crippen LogP contribution in [-0.2, 0) is 9.53 Å². The van der Waals surface area contributed by atoms with Gasteiger partial charge >= 0.3 is 5.97 Å². The van der Waals surface area contributed by atoms with E-state index in [-0.39, 0.29) is 11.9 Å². The zero-order valence-corrected chi connectivity index (χ0v) is 9.72. The number of carbonyl (C=O) groups excluding carboxylic acids is 2. The summed E-state index contributed by atoms with van der Waals surface area (Å²) in [5, 5.41) is 0. The molecular weight excluding hydrogens is 222 g/mol. The van der Waals surface area contributed by atoms with Crippen LogP contribution in [0.5, 0.6) is 0 Å². The summed E-state index contributed by atoms with van der Waals surface area (Å²) in [5.41, 5.74) is 0.473. The topological polar surface area (TPSA) is 59.8 Å². The van der Waals surface area contributed by atoms with Gasteiger partial charge < -0.3 is 14.1 Å². The van der Waals surface area contributed by atoms with Crippen LogP contribution in [0, 0.1) is 0 Å². The molecule has 2 heterocycles. The molecule has 17 heavy (non-hydrogen) atoms. The number of hydrogen-bond donors (Lipinski definition) is 0. The van der Waals surface area contributed by atoms with Crippen LogP contribution in [-0.4, -0.2) is 36.5 Å². The monoisotopic (exact) mass is 237 g/mol. The average Bonchev–Trinajstić information content (AvgIpc) is 2.91. The first-order chi connectivity index (χ1) is 8.24. The highest BCUT2D eigenvalue weighted by Crippen LogP contribution is 2.20. The summed E-state index contributed by atoms with van der Waals surface area (Å²) in [6.07, 6.45) is 5.36.